The summed E-state index contributed by atoms with van der Waals surface area (Å²) in [5, 5.41) is 0. The monoisotopic (exact) mass is 213 g/mol. The molecule has 0 amide bonds. The third-order valence-electron chi connectivity index (χ3n) is 2.41. The maximum atomic E-state index is 4.54. The maximum Gasteiger partial charge on any atom is 0.161 e. The lowest BCUT2D eigenvalue weighted by Gasteiger charge is -2.07. The Morgan fingerprint density at radius 2 is 1.75 bits per heavy atom. The predicted octanol–water partition coefficient (Wildman–Crippen LogP) is 2.72. The Balaban J connectivity index is 2.43. The number of benzene rings is 1. The van der Waals surface area contributed by atoms with Crippen molar-refractivity contribution in [1.82, 2.24) is 0 Å². The van der Waals surface area contributed by atoms with Crippen LogP contribution in [0.2, 0.25) is 0 Å². The number of rotatable bonds is 1. The van der Waals surface area contributed by atoms with Gasteiger partial charge in [-0.2, -0.15) is 0 Å². The summed E-state index contributed by atoms with van der Waals surface area (Å²) >= 11 is 0. The molecule has 0 radical (unpaired) electrons. The van der Waals surface area contributed by atoms with E-state index in [9.17, 15) is 0 Å². The third kappa shape index (κ3) is 2.63. The maximum absolute atomic E-state index is 4.54. The first-order valence-corrected chi connectivity index (χ1v) is 5.45. The molecule has 0 saturated carbocycles. The Morgan fingerprint density at radius 1 is 1.00 bits per heavy atom. The van der Waals surface area contributed by atoms with Crippen molar-refractivity contribution >= 4 is 17.4 Å². The van der Waals surface area contributed by atoms with Gasteiger partial charge in [-0.05, 0) is 13.8 Å². The van der Waals surface area contributed by atoms with Crippen LogP contribution in [0, 0.1) is 0 Å². The second-order valence-corrected chi connectivity index (χ2v) is 3.83. The molecule has 3 nitrogen and oxygen atoms in total. The Kier molecular flexibility index (Phi) is 3.25. The summed E-state index contributed by atoms with van der Waals surface area (Å²) in [5.41, 5.74) is 2.12. The molecular weight excluding hydrogens is 198 g/mol. The normalized spacial score (nSPS) is 16.8. The number of hydrogen-bond donors (Lipinski definition) is 0. The van der Waals surface area contributed by atoms with Gasteiger partial charge < -0.3 is 0 Å². The number of hydrogen-bond acceptors (Lipinski definition) is 3. The van der Waals surface area contributed by atoms with E-state index in [4.69, 9.17) is 0 Å². The first-order valence-electron chi connectivity index (χ1n) is 5.45. The molecule has 0 N–H and O–H groups in total. The minimum Gasteiger partial charge on any atom is -0.270 e. The van der Waals surface area contributed by atoms with Crippen LogP contribution in [0.1, 0.15) is 25.8 Å². The van der Waals surface area contributed by atoms with E-state index in [0.717, 1.165) is 35.9 Å². The van der Waals surface area contributed by atoms with Crippen LogP contribution in [-0.4, -0.2) is 23.9 Å². The fraction of sp³-hybridized carbons (Fsp3) is 0.308. The summed E-state index contributed by atoms with van der Waals surface area (Å²) in [6, 6.07) is 10.0. The van der Waals surface area contributed by atoms with E-state index in [1.807, 2.05) is 44.2 Å². The van der Waals surface area contributed by atoms with Crippen LogP contribution in [0.3, 0.4) is 0 Å². The summed E-state index contributed by atoms with van der Waals surface area (Å²) in [6.45, 7) is 4.72. The van der Waals surface area contributed by atoms with Gasteiger partial charge in [0.05, 0.1) is 0 Å². The molecule has 1 aromatic rings. The summed E-state index contributed by atoms with van der Waals surface area (Å²) in [5.74, 6) is 1.56. The van der Waals surface area contributed by atoms with Crippen molar-refractivity contribution in [3.8, 4) is 0 Å². The summed E-state index contributed by atoms with van der Waals surface area (Å²) in [4.78, 5) is 13.3. The van der Waals surface area contributed by atoms with E-state index in [-0.39, 0.29) is 0 Å². The van der Waals surface area contributed by atoms with Crippen LogP contribution in [-0.2, 0) is 0 Å². The highest BCUT2D eigenvalue weighted by Crippen LogP contribution is 2.06. The van der Waals surface area contributed by atoms with Crippen LogP contribution < -0.4 is 0 Å². The van der Waals surface area contributed by atoms with Gasteiger partial charge in [-0.25, -0.2) is 9.98 Å². The van der Waals surface area contributed by atoms with Crippen LogP contribution in [0.15, 0.2) is 45.3 Å². The van der Waals surface area contributed by atoms with E-state index in [1.54, 1.807) is 0 Å². The van der Waals surface area contributed by atoms with Gasteiger partial charge in [0.1, 0.15) is 5.84 Å². The van der Waals surface area contributed by atoms with Crippen LogP contribution in [0.5, 0.6) is 0 Å². The molecule has 0 aliphatic carbocycles. The molecule has 0 bridgehead atoms. The average molecular weight is 213 g/mol. The average Bonchev–Trinajstić information content (AvgIpc) is 2.27. The highest BCUT2D eigenvalue weighted by atomic mass is 15.0. The van der Waals surface area contributed by atoms with E-state index < -0.39 is 0 Å². The molecule has 0 spiro atoms. The molecule has 0 atom stereocenters. The van der Waals surface area contributed by atoms with Crippen LogP contribution >= 0.6 is 0 Å². The molecule has 1 aliphatic rings. The molecule has 1 aromatic carbocycles. The van der Waals surface area contributed by atoms with Crippen LogP contribution in [0.25, 0.3) is 0 Å². The molecule has 2 rings (SSSR count). The Bertz CT molecular complexity index is 455. The van der Waals surface area contributed by atoms with E-state index >= 15 is 0 Å². The number of amidine groups is 2. The Morgan fingerprint density at radius 3 is 2.50 bits per heavy atom. The first kappa shape index (κ1) is 10.7. The van der Waals surface area contributed by atoms with Crippen molar-refractivity contribution in [1.29, 1.82) is 0 Å². The van der Waals surface area contributed by atoms with Crippen molar-refractivity contribution < 1.29 is 0 Å². The van der Waals surface area contributed by atoms with Crippen molar-refractivity contribution in [3.63, 3.8) is 0 Å². The van der Waals surface area contributed by atoms with Gasteiger partial charge in [0.2, 0.25) is 0 Å². The Hall–Kier alpha value is -1.77. The zero-order valence-corrected chi connectivity index (χ0v) is 9.64. The van der Waals surface area contributed by atoms with E-state index in [2.05, 4.69) is 15.0 Å². The molecular formula is C13H15N3. The molecule has 82 valence electrons. The second kappa shape index (κ2) is 4.84. The van der Waals surface area contributed by atoms with Crippen LogP contribution in [0.4, 0.5) is 0 Å². The Labute approximate surface area is 95.7 Å². The molecule has 0 unspecified atom stereocenters. The predicted molar refractivity (Wildman–Crippen MR) is 68.7 cm³/mol. The van der Waals surface area contributed by atoms with E-state index in [0.29, 0.717) is 0 Å². The largest absolute Gasteiger partial charge is 0.270 e. The zero-order chi connectivity index (χ0) is 11.4. The van der Waals surface area contributed by atoms with Gasteiger partial charge in [-0.3, -0.25) is 4.99 Å². The lowest BCUT2D eigenvalue weighted by molar-refractivity contribution is 1.02. The smallest absolute Gasteiger partial charge is 0.161 e. The molecule has 16 heavy (non-hydrogen) atoms. The summed E-state index contributed by atoms with van der Waals surface area (Å²) < 4.78 is 0. The number of aliphatic imine (C=N–C) groups is 3. The molecule has 0 aromatic heterocycles. The quantitative estimate of drug-likeness (QED) is 0.688. The van der Waals surface area contributed by atoms with Crippen molar-refractivity contribution in [3.05, 3.63) is 35.9 Å². The number of nitrogens with zero attached hydrogens (tertiary/aromatic N) is 3. The fourth-order valence-corrected chi connectivity index (χ4v) is 1.55. The SMILES string of the molecule is CC1=NC(c2ccccc2)=NC(C)=NCC1. The molecule has 0 fully saturated rings. The van der Waals surface area contributed by atoms with Gasteiger partial charge in [0.15, 0.2) is 5.84 Å². The van der Waals surface area contributed by atoms with Gasteiger partial charge >= 0.3 is 0 Å². The highest BCUT2D eigenvalue weighted by Gasteiger charge is 2.05. The standard InChI is InChI=1S/C13H15N3/c1-10-8-9-14-11(2)16-13(15-10)12-6-4-3-5-7-12/h3-7H,8-9H2,1-2H3. The van der Waals surface area contributed by atoms with Gasteiger partial charge in [-0.15, -0.1) is 0 Å². The molecule has 1 aliphatic heterocycles. The van der Waals surface area contributed by atoms with Gasteiger partial charge in [0.25, 0.3) is 0 Å². The van der Waals surface area contributed by atoms with Gasteiger partial charge in [0, 0.05) is 24.2 Å². The topological polar surface area (TPSA) is 37.1 Å². The summed E-state index contributed by atoms with van der Waals surface area (Å²) in [7, 11) is 0. The third-order valence-corrected chi connectivity index (χ3v) is 2.41. The summed E-state index contributed by atoms with van der Waals surface area (Å²) in [6.07, 6.45) is 0.906. The molecule has 0 saturated heterocycles. The molecule has 1 heterocycles. The lowest BCUT2D eigenvalue weighted by Crippen LogP contribution is -2.09. The lowest BCUT2D eigenvalue weighted by atomic mass is 10.2. The fourth-order valence-electron chi connectivity index (χ4n) is 1.55. The first-order chi connectivity index (χ1) is 7.75. The second-order valence-electron chi connectivity index (χ2n) is 3.83. The highest BCUT2D eigenvalue weighted by molar-refractivity contribution is 6.11. The van der Waals surface area contributed by atoms with Crippen molar-refractivity contribution in [2.75, 3.05) is 6.54 Å². The van der Waals surface area contributed by atoms with E-state index in [1.165, 1.54) is 0 Å². The minimum absolute atomic E-state index is 0.763. The molecule has 3 heteroatoms. The minimum atomic E-state index is 0.763. The zero-order valence-electron chi connectivity index (χ0n) is 9.64. The van der Waals surface area contributed by atoms with Crippen molar-refractivity contribution in [2.24, 2.45) is 15.0 Å². The van der Waals surface area contributed by atoms with Crippen molar-refractivity contribution in [2.45, 2.75) is 20.3 Å². The van der Waals surface area contributed by atoms with Gasteiger partial charge in [-0.1, -0.05) is 30.3 Å².